The molecule has 1 amide bonds. The van der Waals surface area contributed by atoms with Crippen LogP contribution in [0.15, 0.2) is 77.7 Å². The summed E-state index contributed by atoms with van der Waals surface area (Å²) < 4.78 is 18.1. The second-order valence-electron chi connectivity index (χ2n) is 8.33. The van der Waals surface area contributed by atoms with Crippen LogP contribution in [0, 0.1) is 0 Å². The number of fused-ring (bicyclic) bond motifs is 6. The summed E-state index contributed by atoms with van der Waals surface area (Å²) in [5.41, 5.74) is 2.84. The Bertz CT molecular complexity index is 1860. The van der Waals surface area contributed by atoms with Gasteiger partial charge in [-0.1, -0.05) is 18.2 Å². The minimum Gasteiger partial charge on any atom is -0.484 e. The number of rotatable bonds is 4. The summed E-state index contributed by atoms with van der Waals surface area (Å²) in [5.74, 6) is 1.46. The van der Waals surface area contributed by atoms with E-state index >= 15 is 0 Å². The van der Waals surface area contributed by atoms with Gasteiger partial charge in [-0.05, 0) is 42.5 Å². The average Bonchev–Trinajstić information content (AvgIpc) is 3.49. The third kappa shape index (κ3) is 2.96. The summed E-state index contributed by atoms with van der Waals surface area (Å²) in [7, 11) is 0. The van der Waals surface area contributed by atoms with Gasteiger partial charge in [0.05, 0.1) is 16.6 Å². The van der Waals surface area contributed by atoms with Crippen LogP contribution < -0.4 is 25.1 Å². The summed E-state index contributed by atoms with van der Waals surface area (Å²) in [6, 6.07) is 20.1. The maximum atomic E-state index is 13.3. The molecule has 0 unspecified atom stereocenters. The van der Waals surface area contributed by atoms with E-state index in [1.807, 2.05) is 42.5 Å². The van der Waals surface area contributed by atoms with Crippen molar-refractivity contribution in [2.45, 2.75) is 0 Å². The van der Waals surface area contributed by atoms with Crippen molar-refractivity contribution in [2.24, 2.45) is 0 Å². The number of carbonyl (C=O) groups is 1. The minimum atomic E-state index is -0.304. The van der Waals surface area contributed by atoms with Gasteiger partial charge in [0, 0.05) is 39.5 Å². The van der Waals surface area contributed by atoms with Crippen molar-refractivity contribution in [1.29, 1.82) is 0 Å². The van der Waals surface area contributed by atoms with E-state index < -0.39 is 0 Å². The van der Waals surface area contributed by atoms with Gasteiger partial charge in [-0.2, -0.15) is 0 Å². The third-order valence-electron chi connectivity index (χ3n) is 6.29. The molecule has 3 aromatic heterocycles. The van der Waals surface area contributed by atoms with Crippen LogP contribution in [0.5, 0.6) is 17.2 Å². The van der Waals surface area contributed by atoms with Crippen molar-refractivity contribution in [3.05, 3.63) is 83.3 Å². The fourth-order valence-corrected chi connectivity index (χ4v) is 4.76. The molecule has 7 rings (SSSR count). The van der Waals surface area contributed by atoms with Crippen LogP contribution in [0.2, 0.25) is 0 Å². The van der Waals surface area contributed by atoms with Gasteiger partial charge >= 0.3 is 0 Å². The molecule has 0 saturated carbocycles. The Hall–Kier alpha value is -4.85. The quantitative estimate of drug-likeness (QED) is 0.391. The largest absolute Gasteiger partial charge is 0.484 e. The number of ether oxygens (including phenoxy) is 3. The Kier molecular flexibility index (Phi) is 4.10. The SMILES string of the molecule is O=C(COc1ccc2c(c1)c1ccnc3c4ccccc4c(=O)n2c13)Nc1ccc2c(c1)OCO2. The van der Waals surface area contributed by atoms with Crippen molar-refractivity contribution in [3.63, 3.8) is 0 Å². The first kappa shape index (κ1) is 19.6. The molecule has 0 bridgehead atoms. The molecule has 0 aliphatic carbocycles. The molecule has 0 spiro atoms. The number of aromatic nitrogens is 2. The number of benzene rings is 3. The topological polar surface area (TPSA) is 91.2 Å². The summed E-state index contributed by atoms with van der Waals surface area (Å²) in [4.78, 5) is 30.4. The van der Waals surface area contributed by atoms with E-state index in [-0.39, 0.29) is 24.9 Å². The first-order chi connectivity index (χ1) is 17.2. The lowest BCUT2D eigenvalue weighted by Gasteiger charge is -2.08. The molecule has 8 nitrogen and oxygen atoms in total. The van der Waals surface area contributed by atoms with Crippen LogP contribution in [-0.2, 0) is 4.79 Å². The lowest BCUT2D eigenvalue weighted by Crippen LogP contribution is -2.20. The molecule has 6 aromatic rings. The lowest BCUT2D eigenvalue weighted by atomic mass is 10.1. The highest BCUT2D eigenvalue weighted by Crippen LogP contribution is 2.35. The maximum Gasteiger partial charge on any atom is 0.263 e. The first-order valence-corrected chi connectivity index (χ1v) is 11.1. The zero-order valence-corrected chi connectivity index (χ0v) is 18.3. The highest BCUT2D eigenvalue weighted by molar-refractivity contribution is 6.18. The molecule has 8 heteroatoms. The van der Waals surface area contributed by atoms with Gasteiger partial charge in [0.2, 0.25) is 6.79 Å². The molecule has 0 saturated heterocycles. The Morgan fingerprint density at radius 1 is 0.943 bits per heavy atom. The number of amides is 1. The monoisotopic (exact) mass is 463 g/mol. The maximum absolute atomic E-state index is 13.3. The van der Waals surface area contributed by atoms with Crippen LogP contribution in [0.25, 0.3) is 38.1 Å². The van der Waals surface area contributed by atoms with Crippen LogP contribution in [0.1, 0.15) is 0 Å². The van der Waals surface area contributed by atoms with Crippen molar-refractivity contribution >= 4 is 49.7 Å². The van der Waals surface area contributed by atoms with Crippen molar-refractivity contribution in [2.75, 3.05) is 18.7 Å². The Labute approximate surface area is 197 Å². The Morgan fingerprint density at radius 2 is 1.80 bits per heavy atom. The van der Waals surface area contributed by atoms with Gasteiger partial charge in [-0.3, -0.25) is 19.0 Å². The smallest absolute Gasteiger partial charge is 0.263 e. The third-order valence-corrected chi connectivity index (χ3v) is 6.29. The fraction of sp³-hybridized carbons (Fsp3) is 0.0741. The van der Waals surface area contributed by atoms with E-state index in [1.165, 1.54) is 0 Å². The average molecular weight is 463 g/mol. The molecule has 3 aromatic carbocycles. The predicted octanol–water partition coefficient (Wildman–Crippen LogP) is 4.34. The Balaban J connectivity index is 1.23. The van der Waals surface area contributed by atoms with E-state index in [2.05, 4.69) is 10.3 Å². The number of pyridine rings is 2. The second-order valence-corrected chi connectivity index (χ2v) is 8.33. The Morgan fingerprint density at radius 3 is 2.71 bits per heavy atom. The zero-order valence-electron chi connectivity index (χ0n) is 18.3. The van der Waals surface area contributed by atoms with E-state index in [4.69, 9.17) is 14.2 Å². The number of carbonyl (C=O) groups excluding carboxylic acids is 1. The number of nitrogens with one attached hydrogen (secondary N) is 1. The van der Waals surface area contributed by atoms with E-state index in [1.54, 1.807) is 34.9 Å². The number of hydrogen-bond donors (Lipinski definition) is 1. The van der Waals surface area contributed by atoms with Gasteiger partial charge in [0.15, 0.2) is 18.1 Å². The van der Waals surface area contributed by atoms with Crippen molar-refractivity contribution < 1.29 is 19.0 Å². The fourth-order valence-electron chi connectivity index (χ4n) is 4.76. The number of anilines is 1. The van der Waals surface area contributed by atoms with Gasteiger partial charge in [-0.15, -0.1) is 0 Å². The van der Waals surface area contributed by atoms with E-state index in [9.17, 15) is 9.59 Å². The number of nitrogens with zero attached hydrogens (tertiary/aromatic N) is 2. The molecule has 0 atom stereocenters. The highest BCUT2D eigenvalue weighted by atomic mass is 16.7. The van der Waals surface area contributed by atoms with Crippen LogP contribution >= 0.6 is 0 Å². The van der Waals surface area contributed by atoms with E-state index in [0.29, 0.717) is 28.3 Å². The molecule has 1 N–H and O–H groups in total. The van der Waals surface area contributed by atoms with Gasteiger partial charge < -0.3 is 19.5 Å². The van der Waals surface area contributed by atoms with Crippen LogP contribution in [0.3, 0.4) is 0 Å². The minimum absolute atomic E-state index is 0.0853. The first-order valence-electron chi connectivity index (χ1n) is 11.1. The molecule has 35 heavy (non-hydrogen) atoms. The van der Waals surface area contributed by atoms with Crippen LogP contribution in [-0.4, -0.2) is 28.7 Å². The second kappa shape index (κ2) is 7.33. The molecule has 1 aliphatic heterocycles. The molecular weight excluding hydrogens is 446 g/mol. The van der Waals surface area contributed by atoms with Gasteiger partial charge in [0.1, 0.15) is 5.75 Å². The van der Waals surface area contributed by atoms with Crippen molar-refractivity contribution in [3.8, 4) is 17.2 Å². The van der Waals surface area contributed by atoms with Gasteiger partial charge in [-0.25, -0.2) is 0 Å². The predicted molar refractivity (Wildman–Crippen MR) is 132 cm³/mol. The molecule has 0 fully saturated rings. The molecular formula is C27H17N3O5. The summed E-state index contributed by atoms with van der Waals surface area (Å²) >= 11 is 0. The highest BCUT2D eigenvalue weighted by Gasteiger charge is 2.18. The summed E-state index contributed by atoms with van der Waals surface area (Å²) in [5, 5.41) is 6.01. The van der Waals surface area contributed by atoms with Gasteiger partial charge in [0.25, 0.3) is 11.5 Å². The molecule has 1 aliphatic rings. The van der Waals surface area contributed by atoms with E-state index in [0.717, 1.165) is 32.7 Å². The summed E-state index contributed by atoms with van der Waals surface area (Å²) in [6.45, 7) is -0.000259. The number of hydrogen-bond acceptors (Lipinski definition) is 6. The summed E-state index contributed by atoms with van der Waals surface area (Å²) in [6.07, 6.45) is 1.75. The molecule has 4 heterocycles. The zero-order chi connectivity index (χ0) is 23.5. The lowest BCUT2D eigenvalue weighted by molar-refractivity contribution is -0.118. The standard InChI is InChI=1S/C27H17N3O5/c31-24(29-15-5-8-22-23(11-15)35-14-34-22)13-33-16-6-7-21-20(12-16)18-9-10-28-25-17-3-1-2-4-19(17)27(32)30(21)26(18)25/h1-12H,13-14H2,(H,29,31). The molecule has 0 radical (unpaired) electrons. The molecule has 170 valence electrons. The van der Waals surface area contributed by atoms with Crippen molar-refractivity contribution in [1.82, 2.24) is 9.38 Å². The van der Waals surface area contributed by atoms with Crippen LogP contribution in [0.4, 0.5) is 5.69 Å². The normalized spacial score (nSPS) is 12.7.